The average Bonchev–Trinajstić information content (AvgIpc) is 2.77. The zero-order valence-corrected chi connectivity index (χ0v) is 18.3. The van der Waals surface area contributed by atoms with E-state index in [1.807, 2.05) is 13.0 Å². The minimum Gasteiger partial charge on any atom is -0.466 e. The molecule has 1 aliphatic rings. The summed E-state index contributed by atoms with van der Waals surface area (Å²) in [6.45, 7) is 1.81. The van der Waals surface area contributed by atoms with Gasteiger partial charge < -0.3 is 15.2 Å². The molecule has 2 heterocycles. The lowest BCUT2D eigenvalue weighted by Gasteiger charge is -2.28. The van der Waals surface area contributed by atoms with Crippen molar-refractivity contribution in [3.63, 3.8) is 0 Å². The van der Waals surface area contributed by atoms with Crippen molar-refractivity contribution in [3.05, 3.63) is 81.0 Å². The first-order valence-electron chi connectivity index (χ1n) is 9.05. The molecule has 156 valence electrons. The Labute approximate surface area is 188 Å². The minimum atomic E-state index is -0.851. The molecule has 1 aromatic carbocycles. The number of carbonyl (C=O) groups excluding carboxylic acids is 1. The smallest absolute Gasteiger partial charge is 0.338 e. The highest BCUT2D eigenvalue weighted by molar-refractivity contribution is 7.99. The van der Waals surface area contributed by atoms with Crippen molar-refractivity contribution >= 4 is 29.3 Å². The SMILES string of the molecule is COC(=O)C1=C(CSc2nc(C)ccc2C#N)OC(N)=C(C#N)[C@H]1c1ccccc1Cl. The first kappa shape index (κ1) is 22.2. The van der Waals surface area contributed by atoms with Gasteiger partial charge in [0.1, 0.15) is 28.5 Å². The highest BCUT2D eigenvalue weighted by Gasteiger charge is 2.38. The number of nitrogens with two attached hydrogens (primary N) is 1. The lowest BCUT2D eigenvalue weighted by Crippen LogP contribution is -2.26. The standard InChI is InChI=1S/C22H17ClN4O3S/c1-12-7-8-13(9-24)21(27-12)31-11-17-19(22(28)29-2)18(15(10-25)20(26)30-17)14-5-3-4-6-16(14)23/h3-8,18H,11,26H2,1-2H3/t18-/m1/s1. The van der Waals surface area contributed by atoms with Gasteiger partial charge in [-0.3, -0.25) is 0 Å². The summed E-state index contributed by atoms with van der Waals surface area (Å²) in [6, 6.07) is 14.4. The highest BCUT2D eigenvalue weighted by Crippen LogP contribution is 2.43. The van der Waals surface area contributed by atoms with Crippen molar-refractivity contribution in [2.45, 2.75) is 17.9 Å². The van der Waals surface area contributed by atoms with Crippen molar-refractivity contribution in [3.8, 4) is 12.1 Å². The molecule has 9 heteroatoms. The molecule has 2 N–H and O–H groups in total. The number of hydrogen-bond donors (Lipinski definition) is 1. The van der Waals surface area contributed by atoms with Crippen molar-refractivity contribution in [2.75, 3.05) is 12.9 Å². The number of ether oxygens (including phenoxy) is 2. The first-order chi connectivity index (χ1) is 14.9. The maximum Gasteiger partial charge on any atom is 0.338 e. The number of halogens is 1. The van der Waals surface area contributed by atoms with Gasteiger partial charge in [0.05, 0.1) is 29.9 Å². The van der Waals surface area contributed by atoms with Gasteiger partial charge in [-0.1, -0.05) is 41.6 Å². The molecule has 1 atom stereocenters. The van der Waals surface area contributed by atoms with Gasteiger partial charge in [0.15, 0.2) is 0 Å². The summed E-state index contributed by atoms with van der Waals surface area (Å²) >= 11 is 7.60. The van der Waals surface area contributed by atoms with Crippen LogP contribution in [0.3, 0.4) is 0 Å². The minimum absolute atomic E-state index is 0.0636. The predicted octanol–water partition coefficient (Wildman–Crippen LogP) is 3.94. The molecule has 0 aliphatic carbocycles. The summed E-state index contributed by atoms with van der Waals surface area (Å²) < 4.78 is 10.7. The summed E-state index contributed by atoms with van der Waals surface area (Å²) in [5.74, 6) is -1.29. The number of nitriles is 2. The molecule has 0 amide bonds. The van der Waals surface area contributed by atoms with Crippen LogP contribution in [0.5, 0.6) is 0 Å². The number of methoxy groups -OCH3 is 1. The molecule has 0 spiro atoms. The van der Waals surface area contributed by atoms with E-state index in [2.05, 4.69) is 11.1 Å². The fraction of sp³-hybridized carbons (Fsp3) is 0.182. The Hall–Kier alpha value is -3.46. The number of nitrogens with zero attached hydrogens (tertiary/aromatic N) is 3. The summed E-state index contributed by atoms with van der Waals surface area (Å²) in [5.41, 5.74) is 7.90. The van der Waals surface area contributed by atoms with Gasteiger partial charge in [0, 0.05) is 10.7 Å². The molecule has 3 rings (SSSR count). The summed E-state index contributed by atoms with van der Waals surface area (Å²) in [7, 11) is 1.24. The highest BCUT2D eigenvalue weighted by atomic mass is 35.5. The van der Waals surface area contributed by atoms with E-state index in [-0.39, 0.29) is 28.5 Å². The normalized spacial score (nSPS) is 15.7. The van der Waals surface area contributed by atoms with Gasteiger partial charge in [0.2, 0.25) is 5.88 Å². The number of aromatic nitrogens is 1. The molecule has 1 aromatic heterocycles. The molecule has 0 saturated carbocycles. The van der Waals surface area contributed by atoms with Crippen molar-refractivity contribution in [1.82, 2.24) is 4.98 Å². The van der Waals surface area contributed by atoms with Gasteiger partial charge in [-0.2, -0.15) is 10.5 Å². The number of allylic oxidation sites excluding steroid dienone is 1. The third-order valence-corrected chi connectivity index (χ3v) is 5.91. The van der Waals surface area contributed by atoms with E-state index >= 15 is 0 Å². The van der Waals surface area contributed by atoms with E-state index in [4.69, 9.17) is 26.8 Å². The number of rotatable bonds is 5. The molecule has 0 bridgehead atoms. The monoisotopic (exact) mass is 452 g/mol. The van der Waals surface area contributed by atoms with Crippen molar-refractivity contribution < 1.29 is 14.3 Å². The number of pyridine rings is 1. The molecule has 2 aromatic rings. The largest absolute Gasteiger partial charge is 0.466 e. The van der Waals surface area contributed by atoms with E-state index in [1.54, 1.807) is 36.4 Å². The fourth-order valence-corrected chi connectivity index (χ4v) is 4.35. The second-order valence-electron chi connectivity index (χ2n) is 6.48. The first-order valence-corrected chi connectivity index (χ1v) is 10.4. The van der Waals surface area contributed by atoms with Crippen LogP contribution in [0, 0.1) is 29.6 Å². The van der Waals surface area contributed by atoms with Gasteiger partial charge >= 0.3 is 5.97 Å². The molecular weight excluding hydrogens is 436 g/mol. The zero-order valence-electron chi connectivity index (χ0n) is 16.7. The van der Waals surface area contributed by atoms with Gasteiger partial charge in [-0.15, -0.1) is 0 Å². The number of hydrogen-bond acceptors (Lipinski definition) is 8. The molecule has 31 heavy (non-hydrogen) atoms. The van der Waals surface area contributed by atoms with E-state index < -0.39 is 11.9 Å². The lowest BCUT2D eigenvalue weighted by atomic mass is 9.83. The zero-order chi connectivity index (χ0) is 22.5. The van der Waals surface area contributed by atoms with Crippen LogP contribution in [-0.4, -0.2) is 23.8 Å². The Morgan fingerprint density at radius 2 is 2.03 bits per heavy atom. The van der Waals surface area contributed by atoms with Crippen molar-refractivity contribution in [2.24, 2.45) is 5.73 Å². The van der Waals surface area contributed by atoms with Gasteiger partial charge in [0.25, 0.3) is 0 Å². The fourth-order valence-electron chi connectivity index (χ4n) is 3.14. The Kier molecular flexibility index (Phi) is 6.86. The summed E-state index contributed by atoms with van der Waals surface area (Å²) in [6.07, 6.45) is 0. The number of aryl methyl sites for hydroxylation is 1. The number of thioether (sulfide) groups is 1. The van der Waals surface area contributed by atoms with E-state index in [0.717, 1.165) is 5.69 Å². The van der Waals surface area contributed by atoms with Gasteiger partial charge in [-0.25, -0.2) is 9.78 Å². The second-order valence-corrected chi connectivity index (χ2v) is 7.85. The Morgan fingerprint density at radius 1 is 1.29 bits per heavy atom. The van der Waals surface area contributed by atoms with E-state index in [9.17, 15) is 15.3 Å². The number of carbonyl (C=O) groups is 1. The molecular formula is C22H17ClN4O3S. The Balaban J connectivity index is 2.11. The van der Waals surface area contributed by atoms with Crippen LogP contribution >= 0.6 is 23.4 Å². The topological polar surface area (TPSA) is 122 Å². The molecule has 7 nitrogen and oxygen atoms in total. The Morgan fingerprint density at radius 3 is 2.68 bits per heavy atom. The maximum atomic E-state index is 12.8. The van der Waals surface area contributed by atoms with E-state index in [1.165, 1.54) is 18.9 Å². The van der Waals surface area contributed by atoms with Crippen molar-refractivity contribution in [1.29, 1.82) is 10.5 Å². The molecule has 0 fully saturated rings. The third kappa shape index (κ3) is 4.51. The average molecular weight is 453 g/mol. The Bertz CT molecular complexity index is 1190. The quantitative estimate of drug-likeness (QED) is 0.534. The van der Waals surface area contributed by atoms with Crippen LogP contribution in [0.1, 0.15) is 22.7 Å². The van der Waals surface area contributed by atoms with Crippen LogP contribution < -0.4 is 5.73 Å². The maximum absolute atomic E-state index is 12.8. The number of benzene rings is 1. The molecule has 0 unspecified atom stereocenters. The summed E-state index contributed by atoms with van der Waals surface area (Å²) in [5, 5.41) is 19.9. The summed E-state index contributed by atoms with van der Waals surface area (Å²) in [4.78, 5) is 17.2. The van der Waals surface area contributed by atoms with Gasteiger partial charge in [-0.05, 0) is 30.7 Å². The van der Waals surface area contributed by atoms with Crippen LogP contribution in [0.4, 0.5) is 0 Å². The lowest BCUT2D eigenvalue weighted by molar-refractivity contribution is -0.136. The van der Waals surface area contributed by atoms with Crippen LogP contribution in [-0.2, 0) is 14.3 Å². The molecule has 0 saturated heterocycles. The van der Waals surface area contributed by atoms with Crippen LogP contribution in [0.15, 0.2) is 64.2 Å². The second kappa shape index (κ2) is 9.57. The van der Waals surface area contributed by atoms with Crippen LogP contribution in [0.25, 0.3) is 0 Å². The third-order valence-electron chi connectivity index (χ3n) is 4.58. The van der Waals surface area contributed by atoms with Crippen LogP contribution in [0.2, 0.25) is 5.02 Å². The molecule has 0 radical (unpaired) electrons. The molecule has 1 aliphatic heterocycles. The number of esters is 1. The van der Waals surface area contributed by atoms with E-state index in [0.29, 0.717) is 21.2 Å². The predicted molar refractivity (Wildman–Crippen MR) is 116 cm³/mol.